The van der Waals surface area contributed by atoms with Crippen LogP contribution in [-0.2, 0) is 32.7 Å². The number of hydrogen-bond acceptors (Lipinski definition) is 7. The molecule has 0 radical (unpaired) electrons. The largest absolute Gasteiger partial charge is 0.472 e. The van der Waals surface area contributed by atoms with Crippen molar-refractivity contribution in [2.75, 3.05) is 47.5 Å². The van der Waals surface area contributed by atoms with Gasteiger partial charge in [0.1, 0.15) is 19.8 Å². The monoisotopic (exact) mass is 1020 g/mol. The van der Waals surface area contributed by atoms with Crippen molar-refractivity contribution >= 4 is 19.8 Å². The summed E-state index contributed by atoms with van der Waals surface area (Å²) in [5.41, 5.74) is 0. The van der Waals surface area contributed by atoms with E-state index < -0.39 is 26.5 Å². The summed E-state index contributed by atoms with van der Waals surface area (Å²) in [6.07, 6.45) is 66.1. The Kier molecular flexibility index (Phi) is 51.3. The summed E-state index contributed by atoms with van der Waals surface area (Å²) in [5, 5.41) is 0. The lowest BCUT2D eigenvalue weighted by atomic mass is 10.0. The van der Waals surface area contributed by atoms with Crippen LogP contribution in [0.1, 0.15) is 277 Å². The Morgan fingerprint density at radius 1 is 0.451 bits per heavy atom. The van der Waals surface area contributed by atoms with E-state index in [9.17, 15) is 19.0 Å². The molecule has 10 heteroatoms. The van der Waals surface area contributed by atoms with Crippen LogP contribution < -0.4 is 0 Å². The van der Waals surface area contributed by atoms with Crippen molar-refractivity contribution in [1.82, 2.24) is 0 Å². The minimum Gasteiger partial charge on any atom is -0.462 e. The Hall–Kier alpha value is -2.03. The van der Waals surface area contributed by atoms with E-state index in [1.54, 1.807) is 0 Å². The number of quaternary nitrogens is 1. The number of carbonyl (C=O) groups is 2. The van der Waals surface area contributed by atoms with Gasteiger partial charge in [0.05, 0.1) is 27.7 Å². The number of likely N-dealkylation sites (N-methyl/N-ethyl adjacent to an activating group) is 1. The van der Waals surface area contributed by atoms with E-state index in [1.807, 2.05) is 21.1 Å². The fraction of sp³-hybridized carbons (Fsp3) is 0.836. The smallest absolute Gasteiger partial charge is 0.462 e. The second-order valence-corrected chi connectivity index (χ2v) is 22.8. The molecule has 0 saturated heterocycles. The van der Waals surface area contributed by atoms with Gasteiger partial charge in [0, 0.05) is 12.8 Å². The molecule has 0 fully saturated rings. The molecule has 0 aromatic carbocycles. The number of nitrogens with zero attached hydrogens (tertiary/aromatic N) is 1. The SMILES string of the molecule is CC/C=C\C/C=C\C/C=C\C/C=C\CCCCCCCCCCCCC(=O)OC(COC(=O)CCCCCCCCCCCCCCCCCCCCCCCCCC)COP(=O)(O)OCC[N+](C)(C)C. The molecule has 0 aliphatic carbocycles. The molecule has 0 saturated carbocycles. The second kappa shape index (κ2) is 52.8. The third kappa shape index (κ3) is 57.1. The number of phosphoric acid groups is 1. The molecule has 0 rings (SSSR count). The van der Waals surface area contributed by atoms with E-state index >= 15 is 0 Å². The average Bonchev–Trinajstić information content (AvgIpc) is 3.33. The van der Waals surface area contributed by atoms with Gasteiger partial charge in [-0.05, 0) is 51.4 Å². The van der Waals surface area contributed by atoms with Gasteiger partial charge in [0.2, 0.25) is 0 Å². The first-order chi connectivity index (χ1) is 34.5. The van der Waals surface area contributed by atoms with Crippen molar-refractivity contribution in [2.24, 2.45) is 0 Å². The van der Waals surface area contributed by atoms with E-state index in [-0.39, 0.29) is 25.6 Å². The van der Waals surface area contributed by atoms with Crippen LogP contribution >= 0.6 is 7.82 Å². The molecule has 71 heavy (non-hydrogen) atoms. The highest BCUT2D eigenvalue weighted by Crippen LogP contribution is 2.43. The highest BCUT2D eigenvalue weighted by molar-refractivity contribution is 7.47. The molecule has 9 nitrogen and oxygen atoms in total. The standard InChI is InChI=1S/C61H114NO8P/c1-6-8-10-12-14-16-18-20-22-24-26-28-30-32-33-35-37-39-41-43-45-47-49-51-53-60(63)67-57-59(58-69-71(65,66)68-56-55-62(3,4)5)70-61(64)54-52-50-48-46-44-42-40-38-36-34-31-29-27-25-23-21-19-17-15-13-11-9-7-2/h9,11,15,17,21,23,27,29,59H,6-8,10,12-14,16,18-20,22,24-26,28,30-58H2,1-5H3/p+1/b11-9-,17-15-,23-21-,29-27-. The van der Waals surface area contributed by atoms with Gasteiger partial charge < -0.3 is 18.9 Å². The van der Waals surface area contributed by atoms with Gasteiger partial charge in [-0.1, -0.05) is 262 Å². The lowest BCUT2D eigenvalue weighted by Crippen LogP contribution is -2.37. The molecule has 0 aliphatic rings. The average molecular weight is 1020 g/mol. The summed E-state index contributed by atoms with van der Waals surface area (Å²) in [6, 6.07) is 0. The fourth-order valence-corrected chi connectivity index (χ4v) is 9.28. The van der Waals surface area contributed by atoms with Crippen LogP contribution in [0.3, 0.4) is 0 Å². The van der Waals surface area contributed by atoms with E-state index in [4.69, 9.17) is 18.5 Å². The zero-order valence-electron chi connectivity index (χ0n) is 47.2. The van der Waals surface area contributed by atoms with Crippen LogP contribution in [0.15, 0.2) is 48.6 Å². The Balaban J connectivity index is 4.13. The van der Waals surface area contributed by atoms with Crippen molar-refractivity contribution in [1.29, 1.82) is 0 Å². The van der Waals surface area contributed by atoms with Gasteiger partial charge >= 0.3 is 19.8 Å². The Labute approximate surface area is 439 Å². The molecule has 0 aromatic rings. The number of carbonyl (C=O) groups excluding carboxylic acids is 2. The number of allylic oxidation sites excluding steroid dienone is 8. The molecule has 0 aromatic heterocycles. The van der Waals surface area contributed by atoms with Gasteiger partial charge in [-0.2, -0.15) is 0 Å². The van der Waals surface area contributed by atoms with Crippen LogP contribution in [0.4, 0.5) is 0 Å². The van der Waals surface area contributed by atoms with Crippen molar-refractivity contribution in [3.8, 4) is 0 Å². The quantitative estimate of drug-likeness (QED) is 0.0211. The molecule has 0 heterocycles. The molecule has 0 bridgehead atoms. The minimum absolute atomic E-state index is 0.0313. The highest BCUT2D eigenvalue weighted by Gasteiger charge is 2.27. The molecule has 0 amide bonds. The molecule has 0 spiro atoms. The predicted octanol–water partition coefficient (Wildman–Crippen LogP) is 18.5. The number of rotatable bonds is 55. The summed E-state index contributed by atoms with van der Waals surface area (Å²) in [4.78, 5) is 35.7. The number of ether oxygens (including phenoxy) is 2. The topological polar surface area (TPSA) is 108 Å². The van der Waals surface area contributed by atoms with Crippen LogP contribution in [-0.4, -0.2) is 74.9 Å². The number of hydrogen-bond donors (Lipinski definition) is 1. The zero-order valence-corrected chi connectivity index (χ0v) is 48.1. The summed E-state index contributed by atoms with van der Waals surface area (Å²) in [5.74, 6) is -0.790. The predicted molar refractivity (Wildman–Crippen MR) is 303 cm³/mol. The van der Waals surface area contributed by atoms with Crippen LogP contribution in [0, 0.1) is 0 Å². The maximum Gasteiger partial charge on any atom is 0.472 e. The Morgan fingerprint density at radius 3 is 1.20 bits per heavy atom. The van der Waals surface area contributed by atoms with Crippen LogP contribution in [0.25, 0.3) is 0 Å². The van der Waals surface area contributed by atoms with Crippen LogP contribution in [0.2, 0.25) is 0 Å². The third-order valence-electron chi connectivity index (χ3n) is 13.1. The first-order valence-electron chi connectivity index (χ1n) is 29.9. The van der Waals surface area contributed by atoms with Crippen molar-refractivity contribution in [2.45, 2.75) is 283 Å². The lowest BCUT2D eigenvalue weighted by Gasteiger charge is -2.24. The first kappa shape index (κ1) is 69.0. The summed E-state index contributed by atoms with van der Waals surface area (Å²) in [7, 11) is 1.48. The molecule has 2 atom stereocenters. The molecule has 1 N–H and O–H groups in total. The van der Waals surface area contributed by atoms with Gasteiger partial charge in [-0.3, -0.25) is 18.6 Å². The van der Waals surface area contributed by atoms with E-state index in [1.165, 1.54) is 173 Å². The molecule has 0 aliphatic heterocycles. The third-order valence-corrected chi connectivity index (χ3v) is 14.1. The molecule has 2 unspecified atom stereocenters. The number of esters is 2. The summed E-state index contributed by atoms with van der Waals surface area (Å²) < 4.78 is 34.6. The molecular formula is C61H115NO8P+. The van der Waals surface area contributed by atoms with Gasteiger partial charge in [-0.15, -0.1) is 0 Å². The fourth-order valence-electron chi connectivity index (χ4n) is 8.54. The zero-order chi connectivity index (χ0) is 52.0. The Bertz CT molecular complexity index is 1340. The van der Waals surface area contributed by atoms with Gasteiger partial charge in [0.25, 0.3) is 0 Å². The van der Waals surface area contributed by atoms with Crippen molar-refractivity contribution < 1.29 is 42.1 Å². The molecular weight excluding hydrogens is 906 g/mol. The maximum absolute atomic E-state index is 12.8. The number of phosphoric ester groups is 1. The van der Waals surface area contributed by atoms with Crippen molar-refractivity contribution in [3.63, 3.8) is 0 Å². The Morgan fingerprint density at radius 2 is 0.803 bits per heavy atom. The van der Waals surface area contributed by atoms with Gasteiger partial charge in [-0.25, -0.2) is 4.57 Å². The summed E-state index contributed by atoms with van der Waals surface area (Å²) in [6.45, 7) is 4.36. The second-order valence-electron chi connectivity index (χ2n) is 21.4. The van der Waals surface area contributed by atoms with E-state index in [2.05, 4.69) is 62.5 Å². The van der Waals surface area contributed by atoms with E-state index in [0.717, 1.165) is 70.6 Å². The van der Waals surface area contributed by atoms with Crippen molar-refractivity contribution in [3.05, 3.63) is 48.6 Å². The molecule has 416 valence electrons. The van der Waals surface area contributed by atoms with E-state index in [0.29, 0.717) is 23.9 Å². The maximum atomic E-state index is 12.8. The highest BCUT2D eigenvalue weighted by atomic mass is 31.2. The minimum atomic E-state index is -4.39. The number of unbranched alkanes of at least 4 members (excludes halogenated alkanes) is 33. The normalized spacial score (nSPS) is 13.6. The first-order valence-corrected chi connectivity index (χ1v) is 31.4. The van der Waals surface area contributed by atoms with Crippen LogP contribution in [0.5, 0.6) is 0 Å². The lowest BCUT2D eigenvalue weighted by molar-refractivity contribution is -0.870. The van der Waals surface area contributed by atoms with Gasteiger partial charge in [0.15, 0.2) is 6.10 Å². The summed E-state index contributed by atoms with van der Waals surface area (Å²) >= 11 is 0.